The van der Waals surface area contributed by atoms with Gasteiger partial charge >= 0.3 is 0 Å². The number of hydrogen-bond donors (Lipinski definition) is 0. The van der Waals surface area contributed by atoms with Gasteiger partial charge in [0.05, 0.1) is 13.2 Å². The van der Waals surface area contributed by atoms with E-state index in [1.165, 1.54) is 0 Å². The van der Waals surface area contributed by atoms with Crippen LogP contribution >= 0.6 is 11.8 Å². The maximum absolute atomic E-state index is 11.1. The summed E-state index contributed by atoms with van der Waals surface area (Å²) in [5.41, 5.74) is 1.05. The summed E-state index contributed by atoms with van der Waals surface area (Å²) in [6.45, 7) is 4.83. The van der Waals surface area contributed by atoms with Crippen molar-refractivity contribution in [3.8, 4) is 11.5 Å². The van der Waals surface area contributed by atoms with E-state index in [4.69, 9.17) is 9.47 Å². The van der Waals surface area contributed by atoms with Crippen molar-refractivity contribution in [1.82, 2.24) is 4.90 Å². The van der Waals surface area contributed by atoms with Crippen LogP contribution in [0.5, 0.6) is 11.5 Å². The molecule has 0 spiro atoms. The molecule has 0 aromatic heterocycles. The number of thioether (sulfide) groups is 1. The van der Waals surface area contributed by atoms with Gasteiger partial charge in [0, 0.05) is 6.20 Å². The molecule has 1 aliphatic heterocycles. The van der Waals surface area contributed by atoms with Gasteiger partial charge in [-0.25, -0.2) is 5.11 Å². The highest BCUT2D eigenvalue weighted by atomic mass is 32.2. The molecule has 1 radical (unpaired) electrons. The molecule has 1 unspecified atom stereocenters. The number of hydrogen-bond acceptors (Lipinski definition) is 4. The Labute approximate surface area is 118 Å². The van der Waals surface area contributed by atoms with Crippen LogP contribution in [0.4, 0.5) is 0 Å². The number of nitrogens with zero attached hydrogens (tertiary/aromatic N) is 1. The summed E-state index contributed by atoms with van der Waals surface area (Å²) in [7, 11) is 0. The van der Waals surface area contributed by atoms with Crippen molar-refractivity contribution in [3.63, 3.8) is 0 Å². The van der Waals surface area contributed by atoms with Gasteiger partial charge in [-0.2, -0.15) is 0 Å². The summed E-state index contributed by atoms with van der Waals surface area (Å²) in [5, 5.41) is 13.1. The summed E-state index contributed by atoms with van der Waals surface area (Å²) in [4.78, 5) is 1.76. The van der Waals surface area contributed by atoms with E-state index >= 15 is 0 Å². The van der Waals surface area contributed by atoms with E-state index in [0.717, 1.165) is 17.1 Å². The van der Waals surface area contributed by atoms with Crippen LogP contribution in [0.2, 0.25) is 0 Å². The molecule has 0 bridgehead atoms. The quantitative estimate of drug-likeness (QED) is 0.801. The van der Waals surface area contributed by atoms with Crippen LogP contribution in [0.15, 0.2) is 29.8 Å². The molecule has 0 aliphatic carbocycles. The molecule has 2 rings (SSSR count). The Morgan fingerprint density at radius 1 is 1.21 bits per heavy atom. The predicted octanol–water partition coefficient (Wildman–Crippen LogP) is 3.39. The lowest BCUT2D eigenvalue weighted by Gasteiger charge is -2.22. The Hall–Kier alpha value is -1.33. The predicted molar refractivity (Wildman–Crippen MR) is 75.6 cm³/mol. The monoisotopic (exact) mass is 280 g/mol. The maximum atomic E-state index is 11.1. The maximum Gasteiger partial charge on any atom is 0.161 e. The Morgan fingerprint density at radius 3 is 2.63 bits per heavy atom. The third-order valence-corrected chi connectivity index (χ3v) is 3.84. The minimum absolute atomic E-state index is 0.0346. The van der Waals surface area contributed by atoms with Gasteiger partial charge in [-0.1, -0.05) is 6.07 Å². The van der Waals surface area contributed by atoms with E-state index in [1.54, 1.807) is 16.7 Å². The first-order valence-electron chi connectivity index (χ1n) is 6.35. The summed E-state index contributed by atoms with van der Waals surface area (Å²) < 4.78 is 11.1. The van der Waals surface area contributed by atoms with Crippen molar-refractivity contribution in [3.05, 3.63) is 35.4 Å². The molecule has 19 heavy (non-hydrogen) atoms. The number of ether oxygens (including phenoxy) is 2. The zero-order valence-corrected chi connectivity index (χ0v) is 12.0. The Kier molecular flexibility index (Phi) is 4.99. The fraction of sp³-hybridized carbons (Fsp3) is 0.429. The molecule has 1 atom stereocenters. The van der Waals surface area contributed by atoms with Gasteiger partial charge in [-0.15, -0.1) is 11.8 Å². The smallest absolute Gasteiger partial charge is 0.161 e. The third-order valence-electron chi connectivity index (χ3n) is 2.76. The lowest BCUT2D eigenvalue weighted by molar-refractivity contribution is 0.0792. The highest BCUT2D eigenvalue weighted by Crippen LogP contribution is 2.41. The van der Waals surface area contributed by atoms with Crippen LogP contribution in [0, 0.1) is 0 Å². The first-order chi connectivity index (χ1) is 9.30. The van der Waals surface area contributed by atoms with E-state index in [1.807, 2.05) is 43.7 Å². The summed E-state index contributed by atoms with van der Waals surface area (Å²) in [5.74, 6) is 1.48. The molecule has 1 aromatic carbocycles. The molecular formula is C14H18NO3S. The second-order valence-corrected chi connectivity index (χ2v) is 4.98. The van der Waals surface area contributed by atoms with Crippen molar-refractivity contribution in [2.75, 3.05) is 19.9 Å². The van der Waals surface area contributed by atoms with Crippen LogP contribution in [-0.4, -0.2) is 24.8 Å². The lowest BCUT2D eigenvalue weighted by Crippen LogP contribution is -2.18. The van der Waals surface area contributed by atoms with E-state index in [9.17, 15) is 5.11 Å². The molecule has 0 saturated carbocycles. The highest BCUT2D eigenvalue weighted by molar-refractivity contribution is 8.02. The lowest BCUT2D eigenvalue weighted by atomic mass is 10.2. The molecule has 0 N–H and O–H groups in total. The molecule has 1 heterocycles. The van der Waals surface area contributed by atoms with Crippen molar-refractivity contribution < 1.29 is 14.6 Å². The van der Waals surface area contributed by atoms with Crippen LogP contribution in [0.3, 0.4) is 0 Å². The zero-order valence-electron chi connectivity index (χ0n) is 11.2. The second kappa shape index (κ2) is 6.73. The summed E-state index contributed by atoms with van der Waals surface area (Å²) in [6.07, 6.45) is 1.83. The fourth-order valence-electron chi connectivity index (χ4n) is 1.95. The van der Waals surface area contributed by atoms with Gasteiger partial charge in [0.15, 0.2) is 18.2 Å². The molecule has 0 saturated heterocycles. The molecule has 0 amide bonds. The van der Waals surface area contributed by atoms with Crippen molar-refractivity contribution in [2.24, 2.45) is 0 Å². The van der Waals surface area contributed by atoms with E-state index in [-0.39, 0.29) is 12.1 Å². The average Bonchev–Trinajstić information content (AvgIpc) is 2.89. The van der Waals surface area contributed by atoms with E-state index < -0.39 is 0 Å². The SMILES string of the molecule is CCOc1ccc(C2SC=CN2C[O])cc1OCC. The minimum atomic E-state index is -0.245. The minimum Gasteiger partial charge on any atom is -0.490 e. The molecule has 4 nitrogen and oxygen atoms in total. The fourth-order valence-corrected chi connectivity index (χ4v) is 2.91. The van der Waals surface area contributed by atoms with Crippen molar-refractivity contribution in [2.45, 2.75) is 19.2 Å². The van der Waals surface area contributed by atoms with Gasteiger partial charge in [-0.05, 0) is 37.0 Å². The van der Waals surface area contributed by atoms with Gasteiger partial charge in [0.2, 0.25) is 0 Å². The van der Waals surface area contributed by atoms with Crippen LogP contribution < -0.4 is 9.47 Å². The van der Waals surface area contributed by atoms with Gasteiger partial charge in [0.1, 0.15) is 5.37 Å². The molecule has 5 heteroatoms. The molecule has 1 aliphatic rings. The van der Waals surface area contributed by atoms with Gasteiger partial charge < -0.3 is 14.4 Å². The largest absolute Gasteiger partial charge is 0.490 e. The Bertz CT molecular complexity index is 450. The highest BCUT2D eigenvalue weighted by Gasteiger charge is 2.22. The summed E-state index contributed by atoms with van der Waals surface area (Å²) >= 11 is 1.62. The normalized spacial score (nSPS) is 17.8. The van der Waals surface area contributed by atoms with Crippen molar-refractivity contribution in [1.29, 1.82) is 0 Å². The first-order valence-corrected chi connectivity index (χ1v) is 7.30. The van der Waals surface area contributed by atoms with E-state index in [2.05, 4.69) is 0 Å². The zero-order chi connectivity index (χ0) is 13.7. The van der Waals surface area contributed by atoms with Crippen molar-refractivity contribution >= 4 is 11.8 Å². The standard InChI is InChI=1S/C14H18NO3S/c1-3-17-12-6-5-11(9-13(12)18-4-2)14-15(10-16)7-8-19-14/h5-9,14H,3-4,10H2,1-2H3. The van der Waals surface area contributed by atoms with E-state index in [0.29, 0.717) is 13.2 Å². The summed E-state index contributed by atoms with van der Waals surface area (Å²) in [6, 6.07) is 5.86. The topological polar surface area (TPSA) is 41.6 Å². The third kappa shape index (κ3) is 3.16. The Morgan fingerprint density at radius 2 is 1.95 bits per heavy atom. The second-order valence-electron chi connectivity index (χ2n) is 3.99. The number of rotatable bonds is 6. The molecule has 0 fully saturated rings. The van der Waals surface area contributed by atoms with Crippen LogP contribution in [-0.2, 0) is 5.11 Å². The first kappa shape index (κ1) is 14.1. The van der Waals surface area contributed by atoms with Gasteiger partial charge in [-0.3, -0.25) is 0 Å². The molecule has 103 valence electrons. The van der Waals surface area contributed by atoms with Gasteiger partial charge in [0.25, 0.3) is 0 Å². The molecule has 1 aromatic rings. The number of benzene rings is 1. The molecular weight excluding hydrogens is 262 g/mol. The van der Waals surface area contributed by atoms with Crippen LogP contribution in [0.25, 0.3) is 0 Å². The van der Waals surface area contributed by atoms with Crippen LogP contribution in [0.1, 0.15) is 24.8 Å². The average molecular weight is 280 g/mol. The Balaban J connectivity index is 2.24.